The van der Waals surface area contributed by atoms with Crippen LogP contribution >= 0.6 is 34.4 Å². The topological polar surface area (TPSA) is 183 Å². The van der Waals surface area contributed by atoms with Crippen LogP contribution in [-0.4, -0.2) is 58.5 Å². The second-order valence-corrected chi connectivity index (χ2v) is 10.8. The number of nitriles is 2. The first-order chi connectivity index (χ1) is 20.8. The Morgan fingerprint density at radius 3 is 2.16 bits per heavy atom. The van der Waals surface area contributed by atoms with Crippen molar-refractivity contribution < 1.29 is 29.6 Å². The van der Waals surface area contributed by atoms with Crippen LogP contribution in [0.5, 0.6) is 0 Å². The minimum atomic E-state index is -0.686. The summed E-state index contributed by atoms with van der Waals surface area (Å²) in [6.45, 7) is 7.68. The number of allylic oxidation sites excluding steroid dienone is 1. The summed E-state index contributed by atoms with van der Waals surface area (Å²) in [7, 11) is 0. The minimum absolute atomic E-state index is 0.0506. The van der Waals surface area contributed by atoms with Gasteiger partial charge in [0, 0.05) is 24.7 Å². The third kappa shape index (κ3) is 11.1. The van der Waals surface area contributed by atoms with Gasteiger partial charge in [-0.25, -0.2) is 9.78 Å². The summed E-state index contributed by atoms with van der Waals surface area (Å²) in [5.74, 6) is -0.854. The number of esters is 1. The molecule has 43 heavy (non-hydrogen) atoms. The number of nitrogens with two attached hydrogens (primary N) is 1. The van der Waals surface area contributed by atoms with Crippen molar-refractivity contribution in [2.45, 2.75) is 38.6 Å². The van der Waals surface area contributed by atoms with Gasteiger partial charge in [-0.05, 0) is 62.7 Å². The van der Waals surface area contributed by atoms with Crippen LogP contribution in [0.25, 0.3) is 10.6 Å². The van der Waals surface area contributed by atoms with Gasteiger partial charge in [0.15, 0.2) is 0 Å². The van der Waals surface area contributed by atoms with Crippen LogP contribution in [0.2, 0.25) is 0 Å². The Hall–Kier alpha value is -3.69. The van der Waals surface area contributed by atoms with Crippen molar-refractivity contribution >= 4 is 40.4 Å². The largest absolute Gasteiger partial charge is 0.463 e. The van der Waals surface area contributed by atoms with E-state index in [1.54, 1.807) is 45.1 Å². The van der Waals surface area contributed by atoms with E-state index < -0.39 is 11.9 Å². The lowest BCUT2D eigenvalue weighted by molar-refractivity contribution is -0.139. The van der Waals surface area contributed by atoms with Gasteiger partial charge >= 0.3 is 5.97 Å². The lowest BCUT2D eigenvalue weighted by Gasteiger charge is -2.27. The molecule has 4 rings (SSSR count). The molecule has 4 heterocycles. The zero-order valence-electron chi connectivity index (χ0n) is 24.4. The van der Waals surface area contributed by atoms with Crippen LogP contribution in [0, 0.1) is 22.7 Å². The van der Waals surface area contributed by atoms with Gasteiger partial charge in [-0.2, -0.15) is 10.5 Å². The number of aliphatic hydroxyl groups is 3. The number of ether oxygens (including phenoxy) is 2. The van der Waals surface area contributed by atoms with Crippen LogP contribution in [0.3, 0.4) is 0 Å². The first kappa shape index (κ1) is 37.3. The van der Waals surface area contributed by atoms with Gasteiger partial charge in [0.05, 0.1) is 40.0 Å². The van der Waals surface area contributed by atoms with E-state index >= 15 is 0 Å². The van der Waals surface area contributed by atoms with Gasteiger partial charge in [0.25, 0.3) is 0 Å². The first-order valence-corrected chi connectivity index (χ1v) is 16.0. The highest BCUT2D eigenvalue weighted by molar-refractivity contribution is 7.99. The maximum absolute atomic E-state index is 13.0. The number of hydrogen-bond donors (Lipinski definition) is 4. The molecule has 13 heteroatoms. The predicted octanol–water partition coefficient (Wildman–Crippen LogP) is 5.16. The summed E-state index contributed by atoms with van der Waals surface area (Å²) < 4.78 is 11.1. The third-order valence-electron chi connectivity index (χ3n) is 4.91. The third-order valence-corrected chi connectivity index (χ3v) is 7.73. The average molecular weight is 645 g/mol. The highest BCUT2D eigenvalue weighted by Gasteiger charge is 2.38. The highest BCUT2D eigenvalue weighted by Crippen LogP contribution is 2.42. The molecule has 1 aliphatic rings. The number of aromatic nitrogens is 1. The van der Waals surface area contributed by atoms with Crippen molar-refractivity contribution in [3.05, 3.63) is 80.4 Å². The molecule has 10 nitrogen and oxygen atoms in total. The molecule has 230 valence electrons. The normalized spacial score (nSPS) is 13.5. The fourth-order valence-corrected chi connectivity index (χ4v) is 5.88. The quantitative estimate of drug-likeness (QED) is 0.197. The van der Waals surface area contributed by atoms with Crippen molar-refractivity contribution in [3.63, 3.8) is 0 Å². The van der Waals surface area contributed by atoms with Gasteiger partial charge in [-0.3, -0.25) is 0 Å². The van der Waals surface area contributed by atoms with Crippen LogP contribution in [0.1, 0.15) is 44.1 Å². The van der Waals surface area contributed by atoms with E-state index in [9.17, 15) is 15.3 Å². The van der Waals surface area contributed by atoms with Crippen LogP contribution < -0.4 is 5.73 Å². The Bertz CT molecular complexity index is 1400. The van der Waals surface area contributed by atoms with Crippen LogP contribution in [-0.2, 0) is 14.3 Å². The second kappa shape index (κ2) is 21.1. The number of rotatable bonds is 7. The number of thioether (sulfide) groups is 1. The molecule has 0 radical (unpaired) electrons. The minimum Gasteiger partial charge on any atom is -0.463 e. The van der Waals surface area contributed by atoms with Gasteiger partial charge < -0.3 is 30.5 Å². The molecule has 1 atom stereocenters. The van der Waals surface area contributed by atoms with Crippen molar-refractivity contribution in [1.82, 2.24) is 4.98 Å². The van der Waals surface area contributed by atoms with E-state index in [1.165, 1.54) is 23.1 Å². The van der Waals surface area contributed by atoms with E-state index in [0.717, 1.165) is 15.4 Å². The highest BCUT2D eigenvalue weighted by atomic mass is 32.2. The monoisotopic (exact) mass is 644 g/mol. The van der Waals surface area contributed by atoms with Crippen molar-refractivity contribution in [3.8, 4) is 22.7 Å². The molecule has 0 fully saturated rings. The van der Waals surface area contributed by atoms with Crippen molar-refractivity contribution in [1.29, 1.82) is 10.5 Å². The fraction of sp³-hybridized carbons (Fsp3) is 0.333. The summed E-state index contributed by atoms with van der Waals surface area (Å²) in [6, 6.07) is 15.4. The average Bonchev–Trinajstić information content (AvgIpc) is 3.72. The molecular weight excluding hydrogens is 609 g/mol. The molecule has 5 N–H and O–H groups in total. The number of thiophene rings is 2. The van der Waals surface area contributed by atoms with Crippen molar-refractivity contribution in [2.24, 2.45) is 5.73 Å². The number of carbonyl (C=O) groups is 1. The Balaban J connectivity index is 0.000000916. The van der Waals surface area contributed by atoms with Crippen LogP contribution in [0.15, 0.2) is 75.0 Å². The molecule has 3 aromatic rings. The number of aliphatic hydroxyl groups excluding tert-OH is 3. The molecule has 1 unspecified atom stereocenters. The Labute approximate surface area is 264 Å². The number of nitrogens with zero attached hydrogens (tertiary/aromatic N) is 3. The molecule has 0 aromatic carbocycles. The van der Waals surface area contributed by atoms with E-state index in [4.69, 9.17) is 30.5 Å². The molecule has 0 spiro atoms. The van der Waals surface area contributed by atoms with E-state index in [2.05, 4.69) is 17.1 Å². The molecule has 0 saturated heterocycles. The summed E-state index contributed by atoms with van der Waals surface area (Å²) in [4.78, 5) is 19.4. The first-order valence-electron chi connectivity index (χ1n) is 13.2. The zero-order valence-corrected chi connectivity index (χ0v) is 26.9. The van der Waals surface area contributed by atoms with Crippen LogP contribution in [0.4, 0.5) is 0 Å². The summed E-state index contributed by atoms with van der Waals surface area (Å²) in [6.07, 6.45) is 0. The molecule has 0 amide bonds. The molecule has 0 bridgehead atoms. The maximum Gasteiger partial charge on any atom is 0.338 e. The molecule has 1 aliphatic heterocycles. The Morgan fingerprint density at radius 2 is 1.65 bits per heavy atom. The predicted molar refractivity (Wildman–Crippen MR) is 170 cm³/mol. The number of carbonyl (C=O) groups excluding carboxylic acids is 1. The lowest BCUT2D eigenvalue weighted by atomic mass is 9.87. The van der Waals surface area contributed by atoms with Gasteiger partial charge in [0.1, 0.15) is 28.5 Å². The Morgan fingerprint density at radius 1 is 1.02 bits per heavy atom. The van der Waals surface area contributed by atoms with E-state index in [1.807, 2.05) is 41.1 Å². The summed E-state index contributed by atoms with van der Waals surface area (Å²) in [5, 5.41) is 46.4. The summed E-state index contributed by atoms with van der Waals surface area (Å²) in [5.41, 5.74) is 7.66. The Kier molecular flexibility index (Phi) is 18.3. The summed E-state index contributed by atoms with van der Waals surface area (Å²) >= 11 is 4.23. The van der Waals surface area contributed by atoms with E-state index in [0.29, 0.717) is 10.6 Å². The van der Waals surface area contributed by atoms with Gasteiger partial charge in [0.2, 0.25) is 5.88 Å². The number of hydrogen-bond acceptors (Lipinski definition) is 13. The van der Waals surface area contributed by atoms with Gasteiger partial charge in [-0.1, -0.05) is 23.9 Å². The smallest absolute Gasteiger partial charge is 0.338 e. The fourth-order valence-electron chi connectivity index (χ4n) is 3.43. The zero-order chi connectivity index (χ0) is 32.2. The van der Waals surface area contributed by atoms with Crippen molar-refractivity contribution in [2.75, 3.05) is 32.2 Å². The second-order valence-electron chi connectivity index (χ2n) is 7.87. The molecular formula is C30H36N4O6S3. The molecule has 0 aliphatic carbocycles. The SMILES string of the molecule is CCO.CCO.CCO.CCOC(=O)C1=C(CSc2nc(-c3cccs3)ccc2C#N)OC(N)=C(C#N)C1c1cccs1. The molecule has 0 saturated carbocycles. The van der Waals surface area contributed by atoms with E-state index in [-0.39, 0.29) is 55.0 Å². The lowest BCUT2D eigenvalue weighted by Crippen LogP contribution is -2.26. The number of pyridine rings is 1. The maximum atomic E-state index is 13.0. The standard InChI is InChI=1S/C24H18N4O3S3.3C2H6O/c1-2-30-24(29)21-17(31-22(27)15(12-26)20(21)19-6-4-10-33-19)13-34-23-14(11-25)7-8-16(28-23)18-5-3-9-32-18;3*1-2-3/h3-10,20H,2,13,27H2,1H3;3*3H,2H2,1H3. The molecule has 3 aromatic heterocycles. The van der Waals surface area contributed by atoms with Gasteiger partial charge in [-0.15, -0.1) is 22.7 Å².